The lowest BCUT2D eigenvalue weighted by Crippen LogP contribution is -2.16. The molecule has 19 heavy (non-hydrogen) atoms. The van der Waals surface area contributed by atoms with Crippen LogP contribution in [0.5, 0.6) is 5.75 Å². The van der Waals surface area contributed by atoms with Crippen LogP contribution < -0.4 is 10.1 Å². The molecule has 0 aliphatic heterocycles. The zero-order valence-electron chi connectivity index (χ0n) is 11.0. The Bertz CT molecular complexity index is 528. The third-order valence-corrected chi connectivity index (χ3v) is 3.18. The van der Waals surface area contributed by atoms with E-state index in [1.807, 2.05) is 36.4 Å². The van der Waals surface area contributed by atoms with Crippen molar-refractivity contribution in [3.05, 3.63) is 64.7 Å². The van der Waals surface area contributed by atoms with Gasteiger partial charge in [-0.2, -0.15) is 0 Å². The van der Waals surface area contributed by atoms with Crippen LogP contribution >= 0.6 is 11.6 Å². The first-order chi connectivity index (χ1) is 9.28. The molecule has 0 aromatic heterocycles. The molecule has 0 spiro atoms. The highest BCUT2D eigenvalue weighted by atomic mass is 35.5. The van der Waals surface area contributed by atoms with Crippen molar-refractivity contribution >= 4 is 11.6 Å². The van der Waals surface area contributed by atoms with Gasteiger partial charge in [0.1, 0.15) is 5.75 Å². The van der Waals surface area contributed by atoms with Crippen molar-refractivity contribution in [1.82, 2.24) is 5.32 Å². The first-order valence-electron chi connectivity index (χ1n) is 6.36. The Kier molecular flexibility index (Phi) is 5.25. The number of hydrogen-bond acceptors (Lipinski definition) is 2. The van der Waals surface area contributed by atoms with Gasteiger partial charge in [-0.25, -0.2) is 0 Å². The zero-order chi connectivity index (χ0) is 13.5. The van der Waals surface area contributed by atoms with Crippen molar-refractivity contribution in [2.24, 2.45) is 0 Å². The summed E-state index contributed by atoms with van der Waals surface area (Å²) >= 11 is 5.95. The van der Waals surface area contributed by atoms with Gasteiger partial charge in [-0.1, -0.05) is 35.9 Å². The summed E-state index contributed by atoms with van der Waals surface area (Å²) in [4.78, 5) is 0. The lowest BCUT2D eigenvalue weighted by Gasteiger charge is -2.07. The zero-order valence-corrected chi connectivity index (χ0v) is 11.8. The molecule has 0 atom stereocenters. The summed E-state index contributed by atoms with van der Waals surface area (Å²) in [5, 5.41) is 4.22. The fraction of sp³-hybridized carbons (Fsp3) is 0.250. The van der Waals surface area contributed by atoms with Crippen LogP contribution in [0.4, 0.5) is 0 Å². The Morgan fingerprint density at radius 2 is 1.84 bits per heavy atom. The highest BCUT2D eigenvalue weighted by Gasteiger charge is 1.97. The molecule has 2 rings (SSSR count). The first kappa shape index (κ1) is 13.9. The maximum atomic E-state index is 5.95. The number of ether oxygens (including phenoxy) is 1. The van der Waals surface area contributed by atoms with Crippen LogP contribution in [-0.2, 0) is 13.0 Å². The van der Waals surface area contributed by atoms with Gasteiger partial charge in [0.2, 0.25) is 0 Å². The highest BCUT2D eigenvalue weighted by molar-refractivity contribution is 6.30. The number of hydrogen-bond donors (Lipinski definition) is 1. The van der Waals surface area contributed by atoms with E-state index >= 15 is 0 Å². The predicted molar refractivity (Wildman–Crippen MR) is 79.9 cm³/mol. The van der Waals surface area contributed by atoms with Gasteiger partial charge in [0.05, 0.1) is 7.11 Å². The topological polar surface area (TPSA) is 21.3 Å². The Morgan fingerprint density at radius 1 is 1.05 bits per heavy atom. The molecule has 2 aromatic rings. The van der Waals surface area contributed by atoms with Crippen molar-refractivity contribution in [3.63, 3.8) is 0 Å². The molecule has 0 aliphatic carbocycles. The fourth-order valence-electron chi connectivity index (χ4n) is 1.94. The van der Waals surface area contributed by atoms with Gasteiger partial charge < -0.3 is 10.1 Å². The second-order valence-electron chi connectivity index (χ2n) is 4.41. The lowest BCUT2D eigenvalue weighted by molar-refractivity contribution is 0.414. The highest BCUT2D eigenvalue weighted by Crippen LogP contribution is 2.13. The molecule has 0 saturated heterocycles. The van der Waals surface area contributed by atoms with E-state index in [1.54, 1.807) is 7.11 Å². The molecule has 0 amide bonds. The SMILES string of the molecule is COc1cccc(CNCCc2cccc(Cl)c2)c1. The predicted octanol–water partition coefficient (Wildman–Crippen LogP) is 3.68. The number of methoxy groups -OCH3 is 1. The van der Waals surface area contributed by atoms with Gasteiger partial charge in [-0.05, 0) is 48.4 Å². The average Bonchev–Trinajstić information content (AvgIpc) is 2.44. The van der Waals surface area contributed by atoms with Crippen molar-refractivity contribution in [3.8, 4) is 5.75 Å². The molecule has 3 heteroatoms. The summed E-state index contributed by atoms with van der Waals surface area (Å²) in [5.41, 5.74) is 2.48. The Hall–Kier alpha value is -1.51. The maximum absolute atomic E-state index is 5.95. The minimum Gasteiger partial charge on any atom is -0.497 e. The van der Waals surface area contributed by atoms with Crippen molar-refractivity contribution in [2.75, 3.05) is 13.7 Å². The van der Waals surface area contributed by atoms with Crippen molar-refractivity contribution < 1.29 is 4.74 Å². The quantitative estimate of drug-likeness (QED) is 0.812. The van der Waals surface area contributed by atoms with E-state index < -0.39 is 0 Å². The summed E-state index contributed by atoms with van der Waals surface area (Å²) in [7, 11) is 1.69. The largest absolute Gasteiger partial charge is 0.497 e. The molecular formula is C16H18ClNO. The van der Waals surface area contributed by atoms with Crippen LogP contribution in [-0.4, -0.2) is 13.7 Å². The fourth-order valence-corrected chi connectivity index (χ4v) is 2.15. The molecule has 0 fully saturated rings. The van der Waals surface area contributed by atoms with Crippen LogP contribution in [0.15, 0.2) is 48.5 Å². The van der Waals surface area contributed by atoms with Gasteiger partial charge in [0.15, 0.2) is 0 Å². The molecule has 0 radical (unpaired) electrons. The third kappa shape index (κ3) is 4.58. The molecule has 0 heterocycles. The van der Waals surface area contributed by atoms with Crippen LogP contribution in [0.25, 0.3) is 0 Å². The van der Waals surface area contributed by atoms with Crippen LogP contribution in [0.2, 0.25) is 5.02 Å². The number of nitrogens with one attached hydrogen (secondary N) is 1. The van der Waals surface area contributed by atoms with Crippen LogP contribution in [0, 0.1) is 0 Å². The summed E-state index contributed by atoms with van der Waals surface area (Å²) in [6, 6.07) is 16.1. The minimum atomic E-state index is 0.797. The summed E-state index contributed by atoms with van der Waals surface area (Å²) in [6.45, 7) is 1.77. The molecule has 0 unspecified atom stereocenters. The summed E-state index contributed by atoms with van der Waals surface area (Å²) < 4.78 is 5.20. The van der Waals surface area contributed by atoms with Gasteiger partial charge >= 0.3 is 0 Å². The number of rotatable bonds is 6. The maximum Gasteiger partial charge on any atom is 0.119 e. The van der Waals surface area contributed by atoms with Crippen molar-refractivity contribution in [1.29, 1.82) is 0 Å². The van der Waals surface area contributed by atoms with E-state index in [-0.39, 0.29) is 0 Å². The van der Waals surface area contributed by atoms with E-state index in [0.717, 1.165) is 30.3 Å². The average molecular weight is 276 g/mol. The standard InChI is InChI=1S/C16H18ClNO/c1-19-16-7-3-5-14(11-16)12-18-9-8-13-4-2-6-15(17)10-13/h2-7,10-11,18H,8-9,12H2,1H3. The molecule has 0 bridgehead atoms. The normalized spacial score (nSPS) is 10.4. The lowest BCUT2D eigenvalue weighted by atomic mass is 10.1. The first-order valence-corrected chi connectivity index (χ1v) is 6.74. The van der Waals surface area contributed by atoms with E-state index in [4.69, 9.17) is 16.3 Å². The van der Waals surface area contributed by atoms with Gasteiger partial charge in [-0.3, -0.25) is 0 Å². The Labute approximate surface area is 119 Å². The molecule has 2 nitrogen and oxygen atoms in total. The minimum absolute atomic E-state index is 0.797. The van der Waals surface area contributed by atoms with E-state index in [0.29, 0.717) is 0 Å². The second kappa shape index (κ2) is 7.17. The van der Waals surface area contributed by atoms with Crippen molar-refractivity contribution in [2.45, 2.75) is 13.0 Å². The second-order valence-corrected chi connectivity index (χ2v) is 4.84. The smallest absolute Gasteiger partial charge is 0.119 e. The molecule has 2 aromatic carbocycles. The van der Waals surface area contributed by atoms with Crippen LogP contribution in [0.3, 0.4) is 0 Å². The number of halogens is 1. The molecule has 0 saturated carbocycles. The Morgan fingerprint density at radius 3 is 2.63 bits per heavy atom. The monoisotopic (exact) mass is 275 g/mol. The Balaban J connectivity index is 1.77. The molecule has 1 N–H and O–H groups in total. The van der Waals surface area contributed by atoms with Crippen LogP contribution in [0.1, 0.15) is 11.1 Å². The van der Waals surface area contributed by atoms with Gasteiger partial charge in [0, 0.05) is 11.6 Å². The molecule has 100 valence electrons. The third-order valence-electron chi connectivity index (χ3n) is 2.94. The summed E-state index contributed by atoms with van der Waals surface area (Å²) in [5.74, 6) is 0.897. The van der Waals surface area contributed by atoms with Gasteiger partial charge in [0.25, 0.3) is 0 Å². The van der Waals surface area contributed by atoms with Gasteiger partial charge in [-0.15, -0.1) is 0 Å². The van der Waals surface area contributed by atoms with E-state index in [9.17, 15) is 0 Å². The molecular weight excluding hydrogens is 258 g/mol. The van der Waals surface area contributed by atoms with E-state index in [1.165, 1.54) is 11.1 Å². The number of benzene rings is 2. The summed E-state index contributed by atoms with van der Waals surface area (Å²) in [6.07, 6.45) is 0.977. The molecule has 0 aliphatic rings. The van der Waals surface area contributed by atoms with E-state index in [2.05, 4.69) is 17.4 Å².